The molecule has 2 N–H and O–H groups in total. The lowest BCUT2D eigenvalue weighted by Gasteiger charge is -2.21. The number of anilines is 1. The van der Waals surface area contributed by atoms with Crippen LogP contribution in [-0.2, 0) is 4.79 Å². The van der Waals surface area contributed by atoms with Crippen LogP contribution in [0.5, 0.6) is 5.75 Å². The first-order chi connectivity index (χ1) is 12.6. The van der Waals surface area contributed by atoms with E-state index < -0.39 is 0 Å². The van der Waals surface area contributed by atoms with Gasteiger partial charge in [-0.3, -0.25) is 19.6 Å². The van der Waals surface area contributed by atoms with Crippen LogP contribution in [0.3, 0.4) is 0 Å². The minimum Gasteiger partial charge on any atom is -0.482 e. The SMILES string of the molecule is CC(NC(=O)c1cnc2cnccc2c1)c1ccc2c(c1)NC(=O)CO2. The number of ether oxygens (including phenoxy) is 1. The number of pyridine rings is 2. The molecule has 3 aromatic rings. The summed E-state index contributed by atoms with van der Waals surface area (Å²) in [5.74, 6) is 0.212. The monoisotopic (exact) mass is 348 g/mol. The number of carbonyl (C=O) groups is 2. The van der Waals surface area contributed by atoms with E-state index in [1.807, 2.05) is 25.1 Å². The van der Waals surface area contributed by atoms with Gasteiger partial charge in [-0.25, -0.2) is 0 Å². The molecule has 130 valence electrons. The average molecular weight is 348 g/mol. The van der Waals surface area contributed by atoms with Crippen LogP contribution in [-0.4, -0.2) is 28.4 Å². The summed E-state index contributed by atoms with van der Waals surface area (Å²) in [4.78, 5) is 32.3. The molecule has 0 saturated heterocycles. The molecule has 26 heavy (non-hydrogen) atoms. The Labute approximate surface area is 149 Å². The smallest absolute Gasteiger partial charge is 0.262 e. The first kappa shape index (κ1) is 16.0. The zero-order valence-corrected chi connectivity index (χ0v) is 14.0. The number of benzene rings is 1. The van der Waals surface area contributed by atoms with Gasteiger partial charge in [-0.15, -0.1) is 0 Å². The van der Waals surface area contributed by atoms with Gasteiger partial charge in [0.05, 0.1) is 29.0 Å². The lowest BCUT2D eigenvalue weighted by atomic mass is 10.1. The van der Waals surface area contributed by atoms with Crippen LogP contribution in [0, 0.1) is 0 Å². The van der Waals surface area contributed by atoms with E-state index >= 15 is 0 Å². The number of amides is 2. The fourth-order valence-electron chi connectivity index (χ4n) is 2.83. The summed E-state index contributed by atoms with van der Waals surface area (Å²) >= 11 is 0. The van der Waals surface area contributed by atoms with Gasteiger partial charge in [-0.05, 0) is 36.8 Å². The molecule has 0 spiro atoms. The van der Waals surface area contributed by atoms with Gasteiger partial charge in [0.25, 0.3) is 11.8 Å². The molecule has 7 heteroatoms. The molecule has 1 atom stereocenters. The molecule has 7 nitrogen and oxygen atoms in total. The molecule has 1 aliphatic rings. The highest BCUT2D eigenvalue weighted by atomic mass is 16.5. The predicted octanol–water partition coefficient (Wildman–Crippen LogP) is 2.45. The van der Waals surface area contributed by atoms with E-state index in [4.69, 9.17) is 4.74 Å². The van der Waals surface area contributed by atoms with Gasteiger partial charge in [0, 0.05) is 17.8 Å². The second-order valence-corrected chi connectivity index (χ2v) is 6.08. The maximum atomic E-state index is 12.6. The number of nitrogens with one attached hydrogen (secondary N) is 2. The van der Waals surface area contributed by atoms with Gasteiger partial charge in [0.1, 0.15) is 5.75 Å². The summed E-state index contributed by atoms with van der Waals surface area (Å²) < 4.78 is 5.35. The van der Waals surface area contributed by atoms with E-state index in [9.17, 15) is 9.59 Å². The van der Waals surface area contributed by atoms with Crippen LogP contribution >= 0.6 is 0 Å². The van der Waals surface area contributed by atoms with E-state index in [1.54, 1.807) is 24.5 Å². The lowest BCUT2D eigenvalue weighted by molar-refractivity contribution is -0.118. The third kappa shape index (κ3) is 3.06. The van der Waals surface area contributed by atoms with E-state index in [-0.39, 0.29) is 24.5 Å². The molecule has 1 aliphatic heterocycles. The number of nitrogens with zero attached hydrogens (tertiary/aromatic N) is 2. The van der Waals surface area contributed by atoms with Gasteiger partial charge in [-0.1, -0.05) is 6.07 Å². The van der Waals surface area contributed by atoms with Gasteiger partial charge in [0.15, 0.2) is 6.61 Å². The predicted molar refractivity (Wildman–Crippen MR) is 96.0 cm³/mol. The number of aromatic nitrogens is 2. The quantitative estimate of drug-likeness (QED) is 0.758. The van der Waals surface area contributed by atoms with Crippen LogP contribution in [0.15, 0.2) is 48.9 Å². The van der Waals surface area contributed by atoms with Crippen molar-refractivity contribution in [2.75, 3.05) is 11.9 Å². The highest BCUT2D eigenvalue weighted by Gasteiger charge is 2.18. The Hall–Kier alpha value is -3.48. The Morgan fingerprint density at radius 3 is 3.04 bits per heavy atom. The Balaban J connectivity index is 1.53. The summed E-state index contributed by atoms with van der Waals surface area (Å²) in [5, 5.41) is 6.57. The summed E-state index contributed by atoms with van der Waals surface area (Å²) in [6, 6.07) is 8.81. The van der Waals surface area contributed by atoms with Crippen molar-refractivity contribution in [3.8, 4) is 5.75 Å². The first-order valence-electron chi connectivity index (χ1n) is 8.17. The number of hydrogen-bond acceptors (Lipinski definition) is 5. The highest BCUT2D eigenvalue weighted by molar-refractivity contribution is 5.97. The van der Waals surface area contributed by atoms with Gasteiger partial charge in [0.2, 0.25) is 0 Å². The van der Waals surface area contributed by atoms with Crippen LogP contribution in [0.4, 0.5) is 5.69 Å². The third-order valence-corrected chi connectivity index (χ3v) is 4.23. The van der Waals surface area contributed by atoms with Crippen LogP contribution in [0.2, 0.25) is 0 Å². The van der Waals surface area contributed by atoms with Crippen LogP contribution < -0.4 is 15.4 Å². The normalized spacial score (nSPS) is 14.1. The zero-order valence-electron chi connectivity index (χ0n) is 14.0. The molecule has 0 saturated carbocycles. The van der Waals surface area contributed by atoms with Gasteiger partial charge >= 0.3 is 0 Å². The van der Waals surface area contributed by atoms with Gasteiger partial charge < -0.3 is 15.4 Å². The van der Waals surface area contributed by atoms with E-state index in [1.165, 1.54) is 6.20 Å². The maximum Gasteiger partial charge on any atom is 0.262 e. The van der Waals surface area contributed by atoms with E-state index in [0.29, 0.717) is 17.0 Å². The van der Waals surface area contributed by atoms with E-state index in [0.717, 1.165) is 16.5 Å². The lowest BCUT2D eigenvalue weighted by Crippen LogP contribution is -2.28. The number of fused-ring (bicyclic) bond motifs is 2. The number of rotatable bonds is 3. The molecule has 0 aliphatic carbocycles. The van der Waals surface area contributed by atoms with Crippen molar-refractivity contribution in [2.45, 2.75) is 13.0 Å². The Bertz CT molecular complexity index is 1020. The molecule has 2 aromatic heterocycles. The summed E-state index contributed by atoms with van der Waals surface area (Å²) in [6.07, 6.45) is 4.86. The highest BCUT2D eigenvalue weighted by Crippen LogP contribution is 2.30. The minimum absolute atomic E-state index is 0.0170. The third-order valence-electron chi connectivity index (χ3n) is 4.23. The second-order valence-electron chi connectivity index (χ2n) is 6.08. The van der Waals surface area contributed by atoms with Crippen molar-refractivity contribution in [3.63, 3.8) is 0 Å². The molecular weight excluding hydrogens is 332 g/mol. The summed E-state index contributed by atoms with van der Waals surface area (Å²) in [7, 11) is 0. The molecular formula is C19H16N4O3. The molecule has 1 aromatic carbocycles. The molecule has 0 radical (unpaired) electrons. The van der Waals surface area contributed by atoms with Crippen LogP contribution in [0.25, 0.3) is 10.9 Å². The van der Waals surface area contributed by atoms with Crippen LogP contribution in [0.1, 0.15) is 28.9 Å². The van der Waals surface area contributed by atoms with Crippen molar-refractivity contribution in [1.29, 1.82) is 0 Å². The standard InChI is InChI=1S/C19H16N4O3/c1-11(12-2-3-17-15(7-12)23-18(24)10-26-17)22-19(25)14-6-13-4-5-20-9-16(13)21-8-14/h2-9,11H,10H2,1H3,(H,22,25)(H,23,24). The Morgan fingerprint density at radius 2 is 2.15 bits per heavy atom. The molecule has 3 heterocycles. The molecule has 0 bridgehead atoms. The van der Waals surface area contributed by atoms with Crippen molar-refractivity contribution in [3.05, 3.63) is 60.0 Å². The Kier molecular flexibility index (Phi) is 3.96. The topological polar surface area (TPSA) is 93.2 Å². The van der Waals surface area contributed by atoms with Gasteiger partial charge in [-0.2, -0.15) is 0 Å². The summed E-state index contributed by atoms with van der Waals surface area (Å²) in [6.45, 7) is 1.90. The zero-order chi connectivity index (χ0) is 18.1. The van der Waals surface area contributed by atoms with Crippen molar-refractivity contribution in [1.82, 2.24) is 15.3 Å². The molecule has 0 fully saturated rings. The first-order valence-corrected chi connectivity index (χ1v) is 8.17. The molecule has 2 amide bonds. The fourth-order valence-corrected chi connectivity index (χ4v) is 2.83. The molecule has 4 rings (SSSR count). The maximum absolute atomic E-state index is 12.6. The molecule has 1 unspecified atom stereocenters. The average Bonchev–Trinajstić information content (AvgIpc) is 2.66. The largest absolute Gasteiger partial charge is 0.482 e. The van der Waals surface area contributed by atoms with E-state index in [2.05, 4.69) is 20.6 Å². The van der Waals surface area contributed by atoms with Crippen molar-refractivity contribution < 1.29 is 14.3 Å². The fraction of sp³-hybridized carbons (Fsp3) is 0.158. The van der Waals surface area contributed by atoms with Crippen molar-refractivity contribution in [2.24, 2.45) is 0 Å². The minimum atomic E-state index is -0.250. The second kappa shape index (κ2) is 6.44. The van der Waals surface area contributed by atoms with Crippen molar-refractivity contribution >= 4 is 28.4 Å². The number of hydrogen-bond donors (Lipinski definition) is 2. The summed E-state index contributed by atoms with van der Waals surface area (Å²) in [5.41, 5.74) is 2.69. The number of carbonyl (C=O) groups excluding carboxylic acids is 2. The Morgan fingerprint density at radius 1 is 1.27 bits per heavy atom.